The summed E-state index contributed by atoms with van der Waals surface area (Å²) in [6.45, 7) is 0. The van der Waals surface area contributed by atoms with Crippen molar-refractivity contribution in [3.05, 3.63) is 0 Å². The van der Waals surface area contributed by atoms with Crippen molar-refractivity contribution in [2.24, 2.45) is 0 Å². The predicted octanol–water partition coefficient (Wildman–Crippen LogP) is 0.498. The van der Waals surface area contributed by atoms with Gasteiger partial charge in [-0.15, -0.1) is 0 Å². The van der Waals surface area contributed by atoms with Gasteiger partial charge in [0.1, 0.15) is 7.28 Å². The van der Waals surface area contributed by atoms with Crippen molar-refractivity contribution in [1.82, 2.24) is 0 Å². The van der Waals surface area contributed by atoms with Crippen molar-refractivity contribution >= 4 is 15.1 Å². The van der Waals surface area contributed by atoms with Crippen molar-refractivity contribution in [1.29, 1.82) is 0 Å². The van der Waals surface area contributed by atoms with Crippen molar-refractivity contribution in [2.45, 2.75) is 18.5 Å². The standard InChI is InChI=1S/C3H5B2/c4-3-1-5-2-3/h3H,1-2H2. The van der Waals surface area contributed by atoms with Gasteiger partial charge in [-0.2, -0.15) is 0 Å². The minimum absolute atomic E-state index is 0.509. The van der Waals surface area contributed by atoms with Crippen LogP contribution in [0.25, 0.3) is 0 Å². The van der Waals surface area contributed by atoms with E-state index in [1.54, 1.807) is 0 Å². The molecular weight excluding hydrogens is 57.7 g/mol. The maximum atomic E-state index is 5.35. The van der Waals surface area contributed by atoms with Gasteiger partial charge in [0, 0.05) is 0 Å². The zero-order valence-electron chi connectivity index (χ0n) is 3.15. The van der Waals surface area contributed by atoms with Crippen LogP contribution < -0.4 is 0 Å². The van der Waals surface area contributed by atoms with Crippen LogP contribution in [0.3, 0.4) is 0 Å². The van der Waals surface area contributed by atoms with Gasteiger partial charge in [0.15, 0.2) is 0 Å². The molecule has 23 valence electrons. The lowest BCUT2D eigenvalue weighted by Crippen LogP contribution is -2.10. The molecule has 1 saturated heterocycles. The number of hydrogen-bond donors (Lipinski definition) is 0. The summed E-state index contributed by atoms with van der Waals surface area (Å²) in [6, 6.07) is 0. The summed E-state index contributed by atoms with van der Waals surface area (Å²) in [7, 11) is 7.55. The Kier molecular flexibility index (Phi) is 0.716. The Balaban J connectivity index is 2.08. The molecule has 0 spiro atoms. The molecule has 1 heterocycles. The van der Waals surface area contributed by atoms with E-state index in [2.05, 4.69) is 7.28 Å². The van der Waals surface area contributed by atoms with Crippen molar-refractivity contribution < 1.29 is 0 Å². The minimum atomic E-state index is 0.509. The van der Waals surface area contributed by atoms with E-state index in [1.165, 1.54) is 0 Å². The second kappa shape index (κ2) is 1.08. The Morgan fingerprint density at radius 2 is 2.00 bits per heavy atom. The largest absolute Gasteiger partial charge is 0.108 e. The molecule has 0 amide bonds. The third kappa shape index (κ3) is 0.499. The van der Waals surface area contributed by atoms with Gasteiger partial charge in [-0.05, 0) is 0 Å². The average Bonchev–Trinajstić information content (AvgIpc) is 1.30. The van der Waals surface area contributed by atoms with Crippen molar-refractivity contribution in [3.8, 4) is 0 Å². The van der Waals surface area contributed by atoms with E-state index >= 15 is 0 Å². The number of rotatable bonds is 0. The van der Waals surface area contributed by atoms with Gasteiger partial charge in [-0.3, -0.25) is 0 Å². The van der Waals surface area contributed by atoms with Crippen LogP contribution in [0.15, 0.2) is 0 Å². The van der Waals surface area contributed by atoms with E-state index in [1.807, 2.05) is 0 Å². The fraction of sp³-hybridized carbons (Fsp3) is 1.00. The highest BCUT2D eigenvalue weighted by Gasteiger charge is 2.10. The second-order valence-electron chi connectivity index (χ2n) is 1.52. The van der Waals surface area contributed by atoms with E-state index in [0.29, 0.717) is 5.82 Å². The van der Waals surface area contributed by atoms with Crippen LogP contribution in [0.4, 0.5) is 0 Å². The first-order valence-corrected chi connectivity index (χ1v) is 1.97. The molecule has 0 unspecified atom stereocenters. The summed E-state index contributed by atoms with van der Waals surface area (Å²) in [5, 5.41) is 0. The van der Waals surface area contributed by atoms with E-state index < -0.39 is 0 Å². The van der Waals surface area contributed by atoms with Crippen LogP contribution in [-0.4, -0.2) is 15.1 Å². The molecule has 0 atom stereocenters. The predicted molar refractivity (Wildman–Crippen MR) is 24.9 cm³/mol. The first kappa shape index (κ1) is 3.32. The van der Waals surface area contributed by atoms with Crippen molar-refractivity contribution in [3.63, 3.8) is 0 Å². The maximum absolute atomic E-state index is 5.35. The van der Waals surface area contributed by atoms with E-state index in [0.717, 1.165) is 12.6 Å². The van der Waals surface area contributed by atoms with Gasteiger partial charge in [0.2, 0.25) is 0 Å². The summed E-state index contributed by atoms with van der Waals surface area (Å²) < 4.78 is 0. The smallest absolute Gasteiger partial charge is 0.0910 e. The van der Waals surface area contributed by atoms with Crippen LogP contribution in [-0.2, 0) is 0 Å². The summed E-state index contributed by atoms with van der Waals surface area (Å²) in [4.78, 5) is 0. The Morgan fingerprint density at radius 1 is 1.60 bits per heavy atom. The second-order valence-corrected chi connectivity index (χ2v) is 1.52. The van der Waals surface area contributed by atoms with E-state index in [4.69, 9.17) is 7.85 Å². The molecule has 2 heteroatoms. The van der Waals surface area contributed by atoms with Gasteiger partial charge in [-0.25, -0.2) is 0 Å². The quantitative estimate of drug-likeness (QED) is 0.359. The molecule has 3 radical (unpaired) electrons. The van der Waals surface area contributed by atoms with Crippen molar-refractivity contribution in [2.75, 3.05) is 0 Å². The molecule has 0 aromatic carbocycles. The van der Waals surface area contributed by atoms with E-state index in [9.17, 15) is 0 Å². The highest BCUT2D eigenvalue weighted by Crippen LogP contribution is 2.22. The summed E-state index contributed by atoms with van der Waals surface area (Å²) >= 11 is 0. The average molecular weight is 62.7 g/mol. The summed E-state index contributed by atoms with van der Waals surface area (Å²) in [6.07, 6.45) is 2.28. The molecule has 0 saturated carbocycles. The molecule has 0 nitrogen and oxygen atoms in total. The Labute approximate surface area is 34.6 Å². The fourth-order valence-corrected chi connectivity index (χ4v) is 0.359. The van der Waals surface area contributed by atoms with Gasteiger partial charge < -0.3 is 0 Å². The lowest BCUT2D eigenvalue weighted by molar-refractivity contribution is 0.963. The third-order valence-corrected chi connectivity index (χ3v) is 0.939. The first-order valence-electron chi connectivity index (χ1n) is 1.97. The molecule has 0 aromatic rings. The zero-order chi connectivity index (χ0) is 3.70. The molecule has 0 aromatic heterocycles. The number of hydrogen-bond acceptors (Lipinski definition) is 0. The Morgan fingerprint density at radius 3 is 2.00 bits per heavy atom. The Bertz CT molecular complexity index is 31.9. The van der Waals surface area contributed by atoms with Gasteiger partial charge in [-0.1, -0.05) is 18.5 Å². The summed E-state index contributed by atoms with van der Waals surface area (Å²) in [5.74, 6) is 0.509. The highest BCUT2D eigenvalue weighted by molar-refractivity contribution is 6.45. The van der Waals surface area contributed by atoms with Gasteiger partial charge in [0.05, 0.1) is 7.85 Å². The van der Waals surface area contributed by atoms with Crippen LogP contribution in [0.5, 0.6) is 0 Å². The molecule has 1 aliphatic heterocycles. The Hall–Kier alpha value is 0.130. The fourth-order valence-electron chi connectivity index (χ4n) is 0.359. The summed E-state index contributed by atoms with van der Waals surface area (Å²) in [5.41, 5.74) is 0. The zero-order valence-corrected chi connectivity index (χ0v) is 3.15. The molecular formula is C3H5B2. The van der Waals surface area contributed by atoms with Crippen LogP contribution in [0.1, 0.15) is 0 Å². The molecule has 1 aliphatic rings. The van der Waals surface area contributed by atoms with Gasteiger partial charge in [0.25, 0.3) is 0 Å². The normalized spacial score (nSPS) is 24.0. The van der Waals surface area contributed by atoms with E-state index in [-0.39, 0.29) is 0 Å². The maximum Gasteiger partial charge on any atom is 0.108 e. The highest BCUT2D eigenvalue weighted by atomic mass is 13.9. The van der Waals surface area contributed by atoms with Crippen LogP contribution in [0.2, 0.25) is 18.5 Å². The monoisotopic (exact) mass is 63.1 g/mol. The van der Waals surface area contributed by atoms with Crippen LogP contribution >= 0.6 is 0 Å². The SMILES string of the molecule is [B]C1C[B]C1. The van der Waals surface area contributed by atoms with Crippen LogP contribution in [0, 0.1) is 0 Å². The first-order chi connectivity index (χ1) is 2.39. The minimum Gasteiger partial charge on any atom is -0.0910 e. The molecule has 1 rings (SSSR count). The molecule has 0 N–H and O–H groups in total. The molecule has 0 bridgehead atoms. The van der Waals surface area contributed by atoms with Gasteiger partial charge >= 0.3 is 0 Å². The molecule has 5 heavy (non-hydrogen) atoms. The molecule has 0 aliphatic carbocycles. The third-order valence-electron chi connectivity index (χ3n) is 0.939. The lowest BCUT2D eigenvalue weighted by atomic mass is 9.45. The lowest BCUT2D eigenvalue weighted by Gasteiger charge is -2.18. The molecule has 1 fully saturated rings. The topological polar surface area (TPSA) is 0 Å².